The second kappa shape index (κ2) is 13.0. The van der Waals surface area contributed by atoms with Gasteiger partial charge in [-0.1, -0.05) is 18.1 Å². The molecule has 16 heteroatoms. The van der Waals surface area contributed by atoms with Crippen molar-refractivity contribution in [1.82, 2.24) is 29.7 Å². The van der Waals surface area contributed by atoms with E-state index in [1.165, 1.54) is 11.1 Å². The van der Waals surface area contributed by atoms with Crippen LogP contribution in [0, 0.1) is 17.5 Å². The molecule has 3 N–H and O–H groups in total. The lowest BCUT2D eigenvalue weighted by molar-refractivity contribution is -0.222. The Morgan fingerprint density at radius 1 is 1.16 bits per heavy atom. The molecule has 5 rings (SSSR count). The normalized spacial score (nSPS) is 27.2. The number of rotatable bonds is 8. The lowest BCUT2D eigenvalue weighted by Gasteiger charge is -2.46. The van der Waals surface area contributed by atoms with E-state index in [4.69, 9.17) is 9.47 Å². The van der Waals surface area contributed by atoms with E-state index in [1.807, 2.05) is 0 Å². The Hall–Kier alpha value is -3.86. The largest absolute Gasteiger partial charge is 0.457 e. The number of halogens is 3. The number of aliphatic hydroxyl groups is 3. The number of ether oxygens (including phenoxy) is 2. The topological polar surface area (TPSA) is 165 Å². The molecule has 238 valence electrons. The minimum absolute atomic E-state index is 0.0237. The Bertz CT molecular complexity index is 1480. The van der Waals surface area contributed by atoms with Crippen LogP contribution in [0.2, 0.25) is 0 Å². The van der Waals surface area contributed by atoms with Gasteiger partial charge in [0.2, 0.25) is 0 Å². The highest BCUT2D eigenvalue weighted by Crippen LogP contribution is 2.36. The van der Waals surface area contributed by atoms with Crippen LogP contribution in [0.15, 0.2) is 30.6 Å². The molecule has 2 aromatic heterocycles. The van der Waals surface area contributed by atoms with Crippen molar-refractivity contribution in [2.75, 3.05) is 6.61 Å². The molecule has 1 amide bonds. The van der Waals surface area contributed by atoms with Gasteiger partial charge in [0, 0.05) is 25.7 Å². The quantitative estimate of drug-likeness (QED) is 0.244. The number of esters is 1. The monoisotopic (exact) mass is 622 g/mol. The number of carbonyl (C=O) groups excluding carboxylic acids is 2. The maximum Gasteiger partial charge on any atom is 0.303 e. The SMILES string of the molecule is CC(=O)O[C@@H]1[C@@H](n2cc(-c3cc(F)c(F)c(F)c3)nn2)[C@@H](O)[C@@H](CO)O[C@H]1C(=O)N(Cc1ccnn1C)[C@H]1CCCC[C@@H]1O. The van der Waals surface area contributed by atoms with E-state index >= 15 is 0 Å². The summed E-state index contributed by atoms with van der Waals surface area (Å²) in [6, 6.07) is 1.15. The third kappa shape index (κ3) is 6.20. The van der Waals surface area contributed by atoms with Gasteiger partial charge in [0.15, 0.2) is 29.7 Å². The van der Waals surface area contributed by atoms with Crippen molar-refractivity contribution in [1.29, 1.82) is 0 Å². The Morgan fingerprint density at radius 2 is 1.86 bits per heavy atom. The van der Waals surface area contributed by atoms with Gasteiger partial charge < -0.3 is 29.7 Å². The number of hydrogen-bond donors (Lipinski definition) is 3. The number of aromatic nitrogens is 5. The molecule has 1 aliphatic heterocycles. The van der Waals surface area contributed by atoms with Crippen molar-refractivity contribution in [3.05, 3.63) is 53.7 Å². The predicted octanol–water partition coefficient (Wildman–Crippen LogP) is 1.02. The molecule has 1 aliphatic carbocycles. The average Bonchev–Trinajstić information content (AvgIpc) is 3.63. The van der Waals surface area contributed by atoms with Crippen molar-refractivity contribution >= 4 is 11.9 Å². The fraction of sp³-hybridized carbons (Fsp3) is 0.536. The highest BCUT2D eigenvalue weighted by Gasteiger charge is 2.53. The van der Waals surface area contributed by atoms with E-state index < -0.39 is 78.5 Å². The second-order valence-electron chi connectivity index (χ2n) is 11.0. The fourth-order valence-corrected chi connectivity index (χ4v) is 5.89. The third-order valence-corrected chi connectivity index (χ3v) is 8.14. The first-order chi connectivity index (χ1) is 21.0. The molecule has 0 radical (unpaired) electrons. The summed E-state index contributed by atoms with van der Waals surface area (Å²) < 4.78 is 55.5. The van der Waals surface area contributed by atoms with Crippen LogP contribution in [0.25, 0.3) is 11.3 Å². The van der Waals surface area contributed by atoms with Crippen LogP contribution >= 0.6 is 0 Å². The zero-order valence-electron chi connectivity index (χ0n) is 24.0. The number of aryl methyl sites for hydroxylation is 1. The molecule has 3 aromatic rings. The molecule has 44 heavy (non-hydrogen) atoms. The Morgan fingerprint density at radius 3 is 2.48 bits per heavy atom. The fourth-order valence-electron chi connectivity index (χ4n) is 5.89. The van der Waals surface area contributed by atoms with Crippen LogP contribution < -0.4 is 0 Å². The van der Waals surface area contributed by atoms with Gasteiger partial charge in [-0.25, -0.2) is 17.9 Å². The van der Waals surface area contributed by atoms with E-state index in [1.54, 1.807) is 24.0 Å². The minimum Gasteiger partial charge on any atom is -0.457 e. The molecule has 7 atom stereocenters. The molecular weight excluding hydrogens is 589 g/mol. The molecule has 1 saturated carbocycles. The van der Waals surface area contributed by atoms with E-state index in [9.17, 15) is 38.1 Å². The van der Waals surface area contributed by atoms with Crippen LogP contribution in [0.5, 0.6) is 0 Å². The first-order valence-electron chi connectivity index (χ1n) is 14.1. The molecule has 0 spiro atoms. The molecule has 0 unspecified atom stereocenters. The van der Waals surface area contributed by atoms with E-state index in [-0.39, 0.29) is 17.8 Å². The number of nitrogens with zero attached hydrogens (tertiary/aromatic N) is 6. The summed E-state index contributed by atoms with van der Waals surface area (Å²) >= 11 is 0. The Kier molecular flexibility index (Phi) is 9.34. The lowest BCUT2D eigenvalue weighted by Crippen LogP contribution is -2.63. The third-order valence-electron chi connectivity index (χ3n) is 8.14. The van der Waals surface area contributed by atoms with Gasteiger partial charge in [-0.3, -0.25) is 14.3 Å². The standard InChI is InChI=1S/C28H33F3N6O7/c1-14(39)43-26-24(37-12-19(33-34-37)15-9-17(29)23(31)18(30)10-15)25(41)22(13-38)44-27(26)28(42)36(11-16-7-8-32-35(16)2)20-5-3-4-6-21(20)40/h7-10,12,20-22,24-27,38,40-41H,3-6,11,13H2,1-2H3/t20-,21-,22+,24-,25-,26+,27+/m0/s1. The van der Waals surface area contributed by atoms with Crippen molar-refractivity contribution in [3.8, 4) is 11.3 Å². The predicted molar refractivity (Wildman–Crippen MR) is 144 cm³/mol. The molecule has 2 fully saturated rings. The summed E-state index contributed by atoms with van der Waals surface area (Å²) in [6.45, 7) is 0.381. The number of aliphatic hydroxyl groups excluding tert-OH is 3. The van der Waals surface area contributed by atoms with Crippen molar-refractivity contribution in [2.45, 2.75) is 81.8 Å². The van der Waals surface area contributed by atoms with Crippen molar-refractivity contribution in [3.63, 3.8) is 0 Å². The Labute approximate surface area is 249 Å². The smallest absolute Gasteiger partial charge is 0.303 e. The van der Waals surface area contributed by atoms with Gasteiger partial charge in [-0.05, 0) is 31.0 Å². The van der Waals surface area contributed by atoms with Gasteiger partial charge in [-0.2, -0.15) is 5.10 Å². The summed E-state index contributed by atoms with van der Waals surface area (Å²) in [6.07, 6.45) is -1.70. The maximum absolute atomic E-state index is 14.4. The number of benzene rings is 1. The molecule has 0 bridgehead atoms. The first kappa shape index (κ1) is 31.6. The summed E-state index contributed by atoms with van der Waals surface area (Å²) in [5.74, 6) is -6.08. The second-order valence-corrected chi connectivity index (χ2v) is 11.0. The number of hydrogen-bond acceptors (Lipinski definition) is 10. The summed E-state index contributed by atoms with van der Waals surface area (Å²) in [4.78, 5) is 28.1. The summed E-state index contributed by atoms with van der Waals surface area (Å²) in [5.41, 5.74) is 0.360. The van der Waals surface area contributed by atoms with Crippen LogP contribution in [-0.4, -0.2) is 100 Å². The maximum atomic E-state index is 14.4. The molecule has 1 aromatic carbocycles. The molecule has 3 heterocycles. The summed E-state index contributed by atoms with van der Waals surface area (Å²) in [7, 11) is 1.70. The minimum atomic E-state index is -1.66. The van der Waals surface area contributed by atoms with Crippen molar-refractivity contribution < 1.29 is 47.6 Å². The molecule has 13 nitrogen and oxygen atoms in total. The van der Waals surface area contributed by atoms with E-state index in [0.29, 0.717) is 30.7 Å². The van der Waals surface area contributed by atoms with Crippen LogP contribution in [0.3, 0.4) is 0 Å². The number of amides is 1. The lowest BCUT2D eigenvalue weighted by atomic mass is 9.88. The number of carbonyl (C=O) groups is 2. The highest BCUT2D eigenvalue weighted by molar-refractivity contribution is 5.83. The van der Waals surface area contributed by atoms with E-state index in [0.717, 1.165) is 24.4 Å². The average molecular weight is 623 g/mol. The van der Waals surface area contributed by atoms with Gasteiger partial charge in [0.05, 0.1) is 37.2 Å². The van der Waals surface area contributed by atoms with Crippen LogP contribution in [-0.2, 0) is 32.7 Å². The van der Waals surface area contributed by atoms with Crippen LogP contribution in [0.4, 0.5) is 13.2 Å². The van der Waals surface area contributed by atoms with Gasteiger partial charge in [0.1, 0.15) is 23.9 Å². The molecule has 2 aliphatic rings. The van der Waals surface area contributed by atoms with Gasteiger partial charge in [0.25, 0.3) is 5.91 Å². The molecule has 1 saturated heterocycles. The first-order valence-corrected chi connectivity index (χ1v) is 14.1. The highest BCUT2D eigenvalue weighted by atomic mass is 19.2. The van der Waals surface area contributed by atoms with Crippen molar-refractivity contribution in [2.24, 2.45) is 7.05 Å². The van der Waals surface area contributed by atoms with Crippen LogP contribution in [0.1, 0.15) is 44.3 Å². The zero-order chi connectivity index (χ0) is 31.7. The zero-order valence-corrected chi connectivity index (χ0v) is 24.0. The Balaban J connectivity index is 1.54. The molecular formula is C28H33F3N6O7. The van der Waals surface area contributed by atoms with Gasteiger partial charge >= 0.3 is 5.97 Å². The van der Waals surface area contributed by atoms with E-state index in [2.05, 4.69) is 15.4 Å². The summed E-state index contributed by atoms with van der Waals surface area (Å²) in [5, 5.41) is 44.2. The van der Waals surface area contributed by atoms with Gasteiger partial charge in [-0.15, -0.1) is 5.10 Å².